The van der Waals surface area contributed by atoms with E-state index >= 15 is 0 Å². The molecule has 0 aliphatic carbocycles. The molecule has 0 radical (unpaired) electrons. The molecule has 1 heterocycles. The van der Waals surface area contributed by atoms with Crippen LogP contribution in [-0.2, 0) is 10.0 Å². The highest BCUT2D eigenvalue weighted by Crippen LogP contribution is 2.31. The van der Waals surface area contributed by atoms with Crippen LogP contribution in [0.1, 0.15) is 5.69 Å². The summed E-state index contributed by atoms with van der Waals surface area (Å²) in [5.74, 6) is 0.857. The highest BCUT2D eigenvalue weighted by atomic mass is 32.2. The van der Waals surface area contributed by atoms with E-state index in [0.29, 0.717) is 28.5 Å². The Labute approximate surface area is 125 Å². The predicted molar refractivity (Wildman–Crippen MR) is 80.0 cm³/mol. The predicted octanol–water partition coefficient (Wildman–Crippen LogP) is 1.56. The van der Waals surface area contributed by atoms with Gasteiger partial charge in [-0.1, -0.05) is 11.3 Å². The summed E-state index contributed by atoms with van der Waals surface area (Å²) in [5, 5.41) is 0. The van der Waals surface area contributed by atoms with E-state index in [1.54, 1.807) is 12.1 Å². The van der Waals surface area contributed by atoms with Crippen LogP contribution in [0.25, 0.3) is 0 Å². The summed E-state index contributed by atoms with van der Waals surface area (Å²) in [6, 6.07) is 4.69. The molecule has 0 aliphatic rings. The number of aryl methyl sites for hydroxylation is 1. The first-order valence-electron chi connectivity index (χ1n) is 5.82. The van der Waals surface area contributed by atoms with E-state index in [-0.39, 0.29) is 9.90 Å². The smallest absolute Gasteiger partial charge is 0.306 e. The van der Waals surface area contributed by atoms with Crippen molar-refractivity contribution >= 4 is 27.0 Å². The molecule has 2 rings (SSSR count). The van der Waals surface area contributed by atoms with E-state index in [2.05, 4.69) is 9.71 Å². The van der Waals surface area contributed by atoms with Gasteiger partial charge in [0.05, 0.1) is 19.9 Å². The van der Waals surface area contributed by atoms with Crippen molar-refractivity contribution in [2.24, 2.45) is 0 Å². The number of hydrogen-bond acceptors (Lipinski definition) is 6. The van der Waals surface area contributed by atoms with E-state index in [1.165, 1.54) is 27.2 Å². The third-order valence-corrected chi connectivity index (χ3v) is 5.65. The highest BCUT2D eigenvalue weighted by molar-refractivity contribution is 7.94. The maximum atomic E-state index is 12.3. The third kappa shape index (κ3) is 3.19. The van der Waals surface area contributed by atoms with Gasteiger partial charge in [0.15, 0.2) is 4.21 Å². The molecule has 0 fully saturated rings. The van der Waals surface area contributed by atoms with Gasteiger partial charge in [0.25, 0.3) is 10.0 Å². The number of ether oxygens (including phenoxy) is 2. The normalized spacial score (nSPS) is 11.2. The van der Waals surface area contributed by atoms with Crippen LogP contribution in [-0.4, -0.2) is 27.6 Å². The number of aromatic amines is 1. The average molecular weight is 330 g/mol. The zero-order chi connectivity index (χ0) is 15.6. The van der Waals surface area contributed by atoms with Crippen molar-refractivity contribution in [3.05, 3.63) is 33.6 Å². The molecule has 0 unspecified atom stereocenters. The molecular formula is C12H14N2O5S2. The second-order valence-electron chi connectivity index (χ2n) is 4.10. The van der Waals surface area contributed by atoms with Crippen LogP contribution in [0.4, 0.5) is 5.69 Å². The second-order valence-corrected chi connectivity index (χ2v) is 6.96. The number of sulfonamides is 1. The van der Waals surface area contributed by atoms with E-state index in [9.17, 15) is 13.2 Å². The number of aromatic nitrogens is 1. The highest BCUT2D eigenvalue weighted by Gasteiger charge is 2.22. The fourth-order valence-corrected chi connectivity index (χ4v) is 4.09. The molecule has 2 N–H and O–H groups in total. The summed E-state index contributed by atoms with van der Waals surface area (Å²) in [6.45, 7) is 1.53. The molecule has 9 heteroatoms. The largest absolute Gasteiger partial charge is 0.497 e. The van der Waals surface area contributed by atoms with Gasteiger partial charge in [-0.25, -0.2) is 8.42 Å². The first-order chi connectivity index (χ1) is 9.87. The number of benzene rings is 1. The Bertz CT molecular complexity index is 807. The number of thiazole rings is 1. The quantitative estimate of drug-likeness (QED) is 0.867. The summed E-state index contributed by atoms with van der Waals surface area (Å²) in [6.07, 6.45) is 0. The summed E-state index contributed by atoms with van der Waals surface area (Å²) < 4.78 is 37.2. The summed E-state index contributed by atoms with van der Waals surface area (Å²) in [7, 11) is -0.937. The lowest BCUT2D eigenvalue weighted by molar-refractivity contribution is 0.395. The average Bonchev–Trinajstić information content (AvgIpc) is 2.78. The molecule has 0 bridgehead atoms. The minimum atomic E-state index is -3.86. The van der Waals surface area contributed by atoms with Crippen LogP contribution >= 0.6 is 11.3 Å². The molecule has 0 atom stereocenters. The van der Waals surface area contributed by atoms with E-state index < -0.39 is 14.9 Å². The van der Waals surface area contributed by atoms with Crippen molar-refractivity contribution in [1.29, 1.82) is 0 Å². The number of rotatable bonds is 5. The second kappa shape index (κ2) is 5.78. The lowest BCUT2D eigenvalue weighted by Crippen LogP contribution is -2.13. The zero-order valence-corrected chi connectivity index (χ0v) is 13.2. The van der Waals surface area contributed by atoms with E-state index in [4.69, 9.17) is 9.47 Å². The molecule has 0 spiro atoms. The van der Waals surface area contributed by atoms with Crippen molar-refractivity contribution in [2.75, 3.05) is 18.9 Å². The maximum Gasteiger partial charge on any atom is 0.306 e. The van der Waals surface area contributed by atoms with Gasteiger partial charge in [-0.3, -0.25) is 9.52 Å². The van der Waals surface area contributed by atoms with Gasteiger partial charge >= 0.3 is 4.87 Å². The molecule has 0 saturated heterocycles. The van der Waals surface area contributed by atoms with Crippen LogP contribution in [0.15, 0.2) is 27.2 Å². The SMILES string of the molecule is COc1ccc(NS(=O)(=O)c2sc(=O)[nH]c2C)c(OC)c1. The van der Waals surface area contributed by atoms with Crippen molar-refractivity contribution in [3.63, 3.8) is 0 Å². The molecule has 1 aromatic heterocycles. The van der Waals surface area contributed by atoms with Gasteiger partial charge in [-0.05, 0) is 19.1 Å². The molecule has 7 nitrogen and oxygen atoms in total. The van der Waals surface area contributed by atoms with Crippen molar-refractivity contribution in [3.8, 4) is 11.5 Å². The van der Waals surface area contributed by atoms with Gasteiger partial charge in [0, 0.05) is 11.8 Å². The molecule has 21 heavy (non-hydrogen) atoms. The zero-order valence-electron chi connectivity index (χ0n) is 11.6. The third-order valence-electron chi connectivity index (χ3n) is 2.68. The van der Waals surface area contributed by atoms with E-state index in [0.717, 1.165) is 0 Å². The first kappa shape index (κ1) is 15.4. The molecular weight excluding hydrogens is 316 g/mol. The molecule has 1 aromatic carbocycles. The van der Waals surface area contributed by atoms with E-state index in [1.807, 2.05) is 0 Å². The topological polar surface area (TPSA) is 97.5 Å². The Kier molecular flexibility index (Phi) is 4.24. The summed E-state index contributed by atoms with van der Waals surface area (Å²) in [5.41, 5.74) is 0.559. The summed E-state index contributed by atoms with van der Waals surface area (Å²) >= 11 is 0.635. The van der Waals surface area contributed by atoms with Gasteiger partial charge in [0.2, 0.25) is 0 Å². The van der Waals surface area contributed by atoms with Gasteiger partial charge in [-0.15, -0.1) is 0 Å². The monoisotopic (exact) mass is 330 g/mol. The number of nitrogens with one attached hydrogen (secondary N) is 2. The number of methoxy groups -OCH3 is 2. The molecule has 114 valence electrons. The van der Waals surface area contributed by atoms with Gasteiger partial charge < -0.3 is 14.5 Å². The van der Waals surface area contributed by atoms with Crippen LogP contribution in [0.3, 0.4) is 0 Å². The number of H-pyrrole nitrogens is 1. The Morgan fingerprint density at radius 2 is 1.95 bits per heavy atom. The lowest BCUT2D eigenvalue weighted by atomic mass is 10.3. The Hall–Kier alpha value is -2.00. The Morgan fingerprint density at radius 1 is 1.24 bits per heavy atom. The lowest BCUT2D eigenvalue weighted by Gasteiger charge is -2.12. The maximum absolute atomic E-state index is 12.3. The number of anilines is 1. The van der Waals surface area contributed by atoms with Crippen LogP contribution in [0.2, 0.25) is 0 Å². The van der Waals surface area contributed by atoms with Crippen molar-refractivity contribution in [2.45, 2.75) is 11.1 Å². The minimum Gasteiger partial charge on any atom is -0.497 e. The summed E-state index contributed by atoms with van der Waals surface area (Å²) in [4.78, 5) is 13.3. The van der Waals surface area contributed by atoms with Crippen molar-refractivity contribution in [1.82, 2.24) is 4.98 Å². The molecule has 0 aliphatic heterocycles. The minimum absolute atomic E-state index is 0.0506. The van der Waals surface area contributed by atoms with Gasteiger partial charge in [-0.2, -0.15) is 0 Å². The first-order valence-corrected chi connectivity index (χ1v) is 8.12. The van der Waals surface area contributed by atoms with Gasteiger partial charge in [0.1, 0.15) is 11.5 Å². The molecule has 0 amide bonds. The Balaban J connectivity index is 2.41. The standard InChI is InChI=1S/C12H14N2O5S2/c1-7-11(20-12(15)13-7)21(16,17)14-9-5-4-8(18-2)6-10(9)19-3/h4-6,14H,1-3H3,(H,13,15). The number of hydrogen-bond donors (Lipinski definition) is 2. The Morgan fingerprint density at radius 3 is 2.48 bits per heavy atom. The molecule has 2 aromatic rings. The van der Waals surface area contributed by atoms with Crippen LogP contribution in [0, 0.1) is 6.92 Å². The molecule has 0 saturated carbocycles. The fraction of sp³-hybridized carbons (Fsp3) is 0.250. The van der Waals surface area contributed by atoms with Crippen LogP contribution < -0.4 is 19.1 Å². The van der Waals surface area contributed by atoms with Crippen LogP contribution in [0.5, 0.6) is 11.5 Å². The van der Waals surface area contributed by atoms with Crippen molar-refractivity contribution < 1.29 is 17.9 Å². The fourth-order valence-electron chi connectivity index (χ4n) is 1.72.